The van der Waals surface area contributed by atoms with Crippen molar-refractivity contribution in [3.63, 3.8) is 0 Å². The normalized spacial score (nSPS) is 11.3. The van der Waals surface area contributed by atoms with E-state index < -0.39 is 15.9 Å². The third-order valence-electron chi connectivity index (χ3n) is 4.21. The average molecular weight is 425 g/mol. The Bertz CT molecular complexity index is 1110. The van der Waals surface area contributed by atoms with Crippen LogP contribution in [0.2, 0.25) is 0 Å². The van der Waals surface area contributed by atoms with Crippen molar-refractivity contribution in [1.29, 1.82) is 0 Å². The molecule has 0 radical (unpaired) electrons. The zero-order chi connectivity index (χ0) is 21.6. The monoisotopic (exact) mass is 424 g/mol. The van der Waals surface area contributed by atoms with Crippen LogP contribution in [0.3, 0.4) is 0 Å². The lowest BCUT2D eigenvalue weighted by Gasteiger charge is -2.15. The predicted octanol–water partition coefficient (Wildman–Crippen LogP) is 4.20. The largest absolute Gasteiger partial charge is 0.489 e. The molecule has 3 aromatic carbocycles. The van der Waals surface area contributed by atoms with E-state index in [1.54, 1.807) is 30.3 Å². The maximum Gasteiger partial charge on any atom is 0.255 e. The van der Waals surface area contributed by atoms with Crippen molar-refractivity contribution < 1.29 is 17.9 Å². The molecule has 0 aliphatic rings. The molecule has 0 saturated carbocycles. The maximum absolute atomic E-state index is 12.7. The van der Waals surface area contributed by atoms with Crippen molar-refractivity contribution in [3.8, 4) is 5.75 Å². The molecular formula is C23H24N2O4S. The molecule has 2 N–H and O–H groups in total. The van der Waals surface area contributed by atoms with Gasteiger partial charge in [0.2, 0.25) is 10.0 Å². The first-order chi connectivity index (χ1) is 14.3. The van der Waals surface area contributed by atoms with Crippen molar-refractivity contribution in [2.45, 2.75) is 31.4 Å². The number of rotatable bonds is 8. The van der Waals surface area contributed by atoms with Gasteiger partial charge >= 0.3 is 0 Å². The number of anilines is 1. The Labute approximate surface area is 177 Å². The number of carbonyl (C=O) groups is 1. The quantitative estimate of drug-likeness (QED) is 0.567. The maximum atomic E-state index is 12.7. The summed E-state index contributed by atoms with van der Waals surface area (Å²) in [7, 11) is -3.77. The van der Waals surface area contributed by atoms with E-state index in [9.17, 15) is 13.2 Å². The second kappa shape index (κ2) is 9.56. The summed E-state index contributed by atoms with van der Waals surface area (Å²) >= 11 is 0. The Morgan fingerprint density at radius 3 is 2.37 bits per heavy atom. The summed E-state index contributed by atoms with van der Waals surface area (Å²) in [6.45, 7) is 3.96. The van der Waals surface area contributed by atoms with Crippen LogP contribution in [0.15, 0.2) is 83.8 Å². The minimum Gasteiger partial charge on any atom is -0.489 e. The lowest BCUT2D eigenvalue weighted by Crippen LogP contribution is -2.23. The van der Waals surface area contributed by atoms with Gasteiger partial charge in [0.15, 0.2) is 0 Å². The summed E-state index contributed by atoms with van der Waals surface area (Å²) in [5, 5.41) is 2.79. The van der Waals surface area contributed by atoms with Gasteiger partial charge in [-0.1, -0.05) is 48.5 Å². The van der Waals surface area contributed by atoms with E-state index in [0.29, 0.717) is 11.4 Å². The number of ether oxygens (including phenoxy) is 1. The highest BCUT2D eigenvalue weighted by atomic mass is 32.2. The Kier molecular flexibility index (Phi) is 6.87. The van der Waals surface area contributed by atoms with Gasteiger partial charge in [-0.25, -0.2) is 13.1 Å². The fraction of sp³-hybridized carbons (Fsp3) is 0.174. The molecule has 0 aliphatic carbocycles. The molecule has 0 spiro atoms. The number of carbonyl (C=O) groups excluding carboxylic acids is 1. The molecule has 0 bridgehead atoms. The topological polar surface area (TPSA) is 84.5 Å². The molecule has 30 heavy (non-hydrogen) atoms. The van der Waals surface area contributed by atoms with E-state index in [-0.39, 0.29) is 23.1 Å². The highest BCUT2D eigenvalue weighted by Crippen LogP contribution is 2.25. The molecule has 0 heterocycles. The molecule has 0 atom stereocenters. The molecule has 6 nitrogen and oxygen atoms in total. The highest BCUT2D eigenvalue weighted by Gasteiger charge is 2.17. The van der Waals surface area contributed by atoms with Crippen molar-refractivity contribution in [1.82, 2.24) is 4.72 Å². The Balaban J connectivity index is 1.75. The Morgan fingerprint density at radius 1 is 0.933 bits per heavy atom. The zero-order valence-corrected chi connectivity index (χ0v) is 17.6. The van der Waals surface area contributed by atoms with Crippen LogP contribution in [-0.4, -0.2) is 20.4 Å². The molecule has 3 aromatic rings. The first kappa shape index (κ1) is 21.5. The summed E-state index contributed by atoms with van der Waals surface area (Å²) in [6.07, 6.45) is -0.0489. The van der Waals surface area contributed by atoms with Gasteiger partial charge in [0.25, 0.3) is 5.91 Å². The van der Waals surface area contributed by atoms with Crippen molar-refractivity contribution in [2.24, 2.45) is 0 Å². The summed E-state index contributed by atoms with van der Waals surface area (Å²) in [5.41, 5.74) is 1.60. The number of sulfonamides is 1. The molecule has 156 valence electrons. The number of nitrogens with one attached hydrogen (secondary N) is 2. The molecule has 0 aliphatic heterocycles. The number of para-hydroxylation sites is 2. The van der Waals surface area contributed by atoms with E-state index in [4.69, 9.17) is 4.74 Å². The van der Waals surface area contributed by atoms with Crippen LogP contribution in [-0.2, 0) is 16.6 Å². The van der Waals surface area contributed by atoms with Crippen molar-refractivity contribution in [3.05, 3.63) is 90.0 Å². The van der Waals surface area contributed by atoms with Crippen LogP contribution in [0.4, 0.5) is 5.69 Å². The lowest BCUT2D eigenvalue weighted by atomic mass is 10.2. The fourth-order valence-electron chi connectivity index (χ4n) is 2.78. The van der Waals surface area contributed by atoms with E-state index >= 15 is 0 Å². The summed E-state index contributed by atoms with van der Waals surface area (Å²) in [6, 6.07) is 22.3. The molecule has 3 rings (SSSR count). The van der Waals surface area contributed by atoms with E-state index in [2.05, 4.69) is 10.0 Å². The Morgan fingerprint density at radius 2 is 1.63 bits per heavy atom. The van der Waals surface area contributed by atoms with E-state index in [1.807, 2.05) is 50.2 Å². The lowest BCUT2D eigenvalue weighted by molar-refractivity contribution is 0.102. The van der Waals surface area contributed by atoms with Crippen LogP contribution >= 0.6 is 0 Å². The van der Waals surface area contributed by atoms with Gasteiger partial charge in [-0.2, -0.15) is 0 Å². The summed E-state index contributed by atoms with van der Waals surface area (Å²) in [5.74, 6) is 0.129. The van der Waals surface area contributed by atoms with Gasteiger partial charge in [-0.05, 0) is 49.7 Å². The van der Waals surface area contributed by atoms with Crippen LogP contribution in [0, 0.1) is 0 Å². The van der Waals surface area contributed by atoms with Crippen LogP contribution in [0.5, 0.6) is 5.75 Å². The van der Waals surface area contributed by atoms with E-state index in [0.717, 1.165) is 5.56 Å². The first-order valence-corrected chi connectivity index (χ1v) is 11.0. The number of amides is 1. The van der Waals surface area contributed by atoms with Gasteiger partial charge in [0.1, 0.15) is 5.75 Å². The standard InChI is InChI=1S/C23H24N2O4S/c1-17(2)29-22-14-7-6-13-21(22)25-23(26)19-11-8-12-20(15-19)30(27,28)24-16-18-9-4-3-5-10-18/h3-15,17,24H,16H2,1-2H3,(H,25,26). The summed E-state index contributed by atoms with van der Waals surface area (Å²) in [4.78, 5) is 12.8. The Hall–Kier alpha value is -3.16. The minimum absolute atomic E-state index is 0.0257. The smallest absolute Gasteiger partial charge is 0.255 e. The molecule has 7 heteroatoms. The fourth-order valence-corrected chi connectivity index (χ4v) is 3.85. The second-order valence-electron chi connectivity index (χ2n) is 6.95. The molecule has 0 unspecified atom stereocenters. The molecular weight excluding hydrogens is 400 g/mol. The van der Waals surface area contributed by atoms with Crippen LogP contribution < -0.4 is 14.8 Å². The number of hydrogen-bond donors (Lipinski definition) is 2. The molecule has 0 aromatic heterocycles. The van der Waals surface area contributed by atoms with Gasteiger partial charge < -0.3 is 10.1 Å². The third kappa shape index (κ3) is 5.68. The van der Waals surface area contributed by atoms with Gasteiger partial charge in [0.05, 0.1) is 16.7 Å². The number of hydrogen-bond acceptors (Lipinski definition) is 4. The predicted molar refractivity (Wildman–Crippen MR) is 117 cm³/mol. The minimum atomic E-state index is -3.77. The second-order valence-corrected chi connectivity index (χ2v) is 8.72. The van der Waals surface area contributed by atoms with Gasteiger partial charge in [0, 0.05) is 12.1 Å². The molecule has 0 saturated heterocycles. The van der Waals surface area contributed by atoms with Gasteiger partial charge in [-0.3, -0.25) is 4.79 Å². The molecule has 0 fully saturated rings. The first-order valence-electron chi connectivity index (χ1n) is 9.56. The summed E-state index contributed by atoms with van der Waals surface area (Å²) < 4.78 is 33.6. The average Bonchev–Trinajstić information content (AvgIpc) is 2.74. The zero-order valence-electron chi connectivity index (χ0n) is 16.8. The van der Waals surface area contributed by atoms with Crippen molar-refractivity contribution in [2.75, 3.05) is 5.32 Å². The van der Waals surface area contributed by atoms with Crippen molar-refractivity contribution >= 4 is 21.6 Å². The van der Waals surface area contributed by atoms with Crippen LogP contribution in [0.1, 0.15) is 29.8 Å². The van der Waals surface area contributed by atoms with Crippen LogP contribution in [0.25, 0.3) is 0 Å². The van der Waals surface area contributed by atoms with E-state index in [1.165, 1.54) is 12.1 Å². The molecule has 1 amide bonds. The number of benzene rings is 3. The van der Waals surface area contributed by atoms with Gasteiger partial charge in [-0.15, -0.1) is 0 Å². The SMILES string of the molecule is CC(C)Oc1ccccc1NC(=O)c1cccc(S(=O)(=O)NCc2ccccc2)c1. The third-order valence-corrected chi connectivity index (χ3v) is 5.61. The highest BCUT2D eigenvalue weighted by molar-refractivity contribution is 7.89.